The molecule has 6 aliphatic rings. The van der Waals surface area contributed by atoms with E-state index in [1.165, 1.54) is 0 Å². The fourth-order valence-corrected chi connectivity index (χ4v) is 10.0. The average molecular weight is 790 g/mol. The van der Waals surface area contributed by atoms with Gasteiger partial charge >= 0.3 is 0 Å². The zero-order chi connectivity index (χ0) is 39.4. The minimum Gasteiger partial charge on any atom is -0.490 e. The summed E-state index contributed by atoms with van der Waals surface area (Å²) >= 11 is 6.25. The molecule has 5 fully saturated rings. The van der Waals surface area contributed by atoms with E-state index in [9.17, 15) is 24.0 Å². The largest absolute Gasteiger partial charge is 0.490 e. The molecule has 5 heterocycles. The van der Waals surface area contributed by atoms with Gasteiger partial charge in [-0.05, 0) is 86.7 Å². The molecule has 13 nitrogen and oxygen atoms in total. The number of anilines is 2. The van der Waals surface area contributed by atoms with Crippen LogP contribution in [0.25, 0.3) is 4.85 Å². The van der Waals surface area contributed by atoms with Crippen LogP contribution in [0.3, 0.4) is 0 Å². The standard InChI is InChI=1S/C43H44ClN7O6/c1-45-36-11-9-32(23-35(36)44)57-39-27-2-3-28(39)25-50(24-27)41(54)26-4-6-29(7-5-26)48-18-20-49(21-19-48)30-14-16-47(17-15-30)31-8-10-33-34(22-31)43(56)51(42(33)55)37-12-13-38(52)46-40(37)53/h4-11,22-23,27-28,30,37,39H,2-3,12-21,24-25H2,(H,46,52,53). The van der Waals surface area contributed by atoms with Gasteiger partial charge in [0.25, 0.3) is 17.7 Å². The number of carbonyl (C=O) groups is 5. The third kappa shape index (κ3) is 6.99. The van der Waals surface area contributed by atoms with Crippen molar-refractivity contribution in [2.75, 3.05) is 62.2 Å². The first-order chi connectivity index (χ1) is 27.6. The Hall–Kier alpha value is -5.45. The maximum absolute atomic E-state index is 13.7. The number of nitrogens with one attached hydrogen (secondary N) is 1. The highest BCUT2D eigenvalue weighted by atomic mass is 35.5. The van der Waals surface area contributed by atoms with Gasteiger partial charge in [-0.2, -0.15) is 0 Å². The molecule has 3 unspecified atom stereocenters. The number of carbonyl (C=O) groups excluding carboxylic acids is 5. The molecule has 0 spiro atoms. The fourth-order valence-electron chi connectivity index (χ4n) is 9.83. The highest BCUT2D eigenvalue weighted by Crippen LogP contribution is 2.41. The van der Waals surface area contributed by atoms with Crippen molar-refractivity contribution in [2.45, 2.75) is 56.7 Å². The molecular weight excluding hydrogens is 746 g/mol. The van der Waals surface area contributed by atoms with Gasteiger partial charge in [-0.3, -0.25) is 39.1 Å². The Balaban J connectivity index is 0.747. The van der Waals surface area contributed by atoms with E-state index in [4.69, 9.17) is 22.9 Å². The molecule has 5 aliphatic heterocycles. The number of hydrogen-bond donors (Lipinski definition) is 1. The van der Waals surface area contributed by atoms with E-state index >= 15 is 0 Å². The number of fused-ring (bicyclic) bond motifs is 3. The first-order valence-corrected chi connectivity index (χ1v) is 20.4. The number of halogens is 1. The van der Waals surface area contributed by atoms with E-state index in [0.717, 1.165) is 81.2 Å². The van der Waals surface area contributed by atoms with Crippen LogP contribution in [0.1, 0.15) is 69.6 Å². The molecule has 9 rings (SSSR count). The summed E-state index contributed by atoms with van der Waals surface area (Å²) in [5.41, 5.74) is 3.73. The van der Waals surface area contributed by atoms with Crippen LogP contribution in [-0.4, -0.2) is 115 Å². The van der Waals surface area contributed by atoms with Crippen molar-refractivity contribution in [1.29, 1.82) is 0 Å². The van der Waals surface area contributed by atoms with E-state index in [0.29, 0.717) is 52.3 Å². The lowest BCUT2D eigenvalue weighted by Gasteiger charge is -2.44. The van der Waals surface area contributed by atoms with Gasteiger partial charge in [-0.1, -0.05) is 17.7 Å². The highest BCUT2D eigenvalue weighted by molar-refractivity contribution is 6.33. The number of rotatable bonds is 7. The number of hydrogen-bond acceptors (Lipinski definition) is 9. The van der Waals surface area contributed by atoms with Gasteiger partial charge in [0.2, 0.25) is 17.5 Å². The number of piperidine rings is 3. The molecule has 14 heteroatoms. The zero-order valence-electron chi connectivity index (χ0n) is 31.6. The second-order valence-electron chi connectivity index (χ2n) is 16.1. The summed E-state index contributed by atoms with van der Waals surface area (Å²) in [6.45, 7) is 13.9. The molecule has 1 N–H and O–H groups in total. The van der Waals surface area contributed by atoms with Gasteiger partial charge < -0.3 is 19.4 Å². The number of nitrogens with zero attached hydrogens (tertiary/aromatic N) is 6. The van der Waals surface area contributed by atoms with E-state index in [-0.39, 0.29) is 36.7 Å². The lowest BCUT2D eigenvalue weighted by molar-refractivity contribution is -0.136. The summed E-state index contributed by atoms with van der Waals surface area (Å²) in [7, 11) is 0. The van der Waals surface area contributed by atoms with Crippen molar-refractivity contribution in [3.05, 3.63) is 93.8 Å². The van der Waals surface area contributed by atoms with E-state index < -0.39 is 29.7 Å². The Morgan fingerprint density at radius 2 is 1.42 bits per heavy atom. The minimum absolute atomic E-state index is 0.0313. The van der Waals surface area contributed by atoms with E-state index in [1.807, 2.05) is 23.1 Å². The first-order valence-electron chi connectivity index (χ1n) is 20.0. The fraction of sp³-hybridized carbons (Fsp3) is 0.442. The predicted molar refractivity (Wildman–Crippen MR) is 213 cm³/mol. The molecule has 4 saturated heterocycles. The van der Waals surface area contributed by atoms with Crippen LogP contribution < -0.4 is 19.9 Å². The summed E-state index contributed by atoms with van der Waals surface area (Å²) in [6, 6.07) is 18.1. The monoisotopic (exact) mass is 789 g/mol. The second kappa shape index (κ2) is 15.1. The van der Waals surface area contributed by atoms with Crippen molar-refractivity contribution in [3.63, 3.8) is 0 Å². The number of likely N-dealkylation sites (tertiary alicyclic amines) is 1. The van der Waals surface area contributed by atoms with Crippen molar-refractivity contribution < 1.29 is 28.7 Å². The van der Waals surface area contributed by atoms with Gasteiger partial charge in [0.1, 0.15) is 17.9 Å². The molecule has 2 bridgehead atoms. The highest BCUT2D eigenvalue weighted by Gasteiger charge is 2.46. The van der Waals surface area contributed by atoms with Crippen LogP contribution in [0, 0.1) is 18.4 Å². The topological polar surface area (TPSA) is 127 Å². The van der Waals surface area contributed by atoms with Gasteiger partial charge in [0.05, 0.1) is 22.7 Å². The third-order valence-electron chi connectivity index (χ3n) is 12.9. The number of benzene rings is 3. The quantitative estimate of drug-likeness (QED) is 0.260. The Bertz CT molecular complexity index is 2160. The minimum atomic E-state index is -0.973. The molecular formula is C43H44ClN7O6. The molecule has 1 aliphatic carbocycles. The molecule has 294 valence electrons. The van der Waals surface area contributed by atoms with Gasteiger partial charge in [0, 0.05) is 93.6 Å². The number of piperazine rings is 1. The molecule has 0 aromatic heterocycles. The Labute approximate surface area is 336 Å². The maximum Gasteiger partial charge on any atom is 0.262 e. The summed E-state index contributed by atoms with van der Waals surface area (Å²) in [5, 5.41) is 2.64. The number of ether oxygens (including phenoxy) is 1. The van der Waals surface area contributed by atoms with Crippen LogP contribution in [-0.2, 0) is 9.59 Å². The van der Waals surface area contributed by atoms with Crippen LogP contribution in [0.2, 0.25) is 5.02 Å². The molecule has 3 aromatic rings. The number of amides is 5. The summed E-state index contributed by atoms with van der Waals surface area (Å²) < 4.78 is 6.38. The SMILES string of the molecule is [C-]#[N+]c1ccc(OC2C3CCC2CN(C(=O)c2ccc(N4CCN(C5CCN(c6ccc7c(c6)C(=O)N(C6CCC(=O)NC6=O)C7=O)CC5)CC4)cc2)C3)cc1Cl. The molecule has 3 aromatic carbocycles. The molecule has 57 heavy (non-hydrogen) atoms. The van der Waals surface area contributed by atoms with Crippen LogP contribution >= 0.6 is 11.6 Å². The normalized spacial score (nSPS) is 25.4. The second-order valence-corrected chi connectivity index (χ2v) is 16.5. The Morgan fingerprint density at radius 1 is 0.754 bits per heavy atom. The molecule has 1 saturated carbocycles. The van der Waals surface area contributed by atoms with Crippen molar-refractivity contribution in [2.24, 2.45) is 11.8 Å². The predicted octanol–water partition coefficient (Wildman–Crippen LogP) is 5.01. The Kier molecular flexibility index (Phi) is 9.86. The van der Waals surface area contributed by atoms with Crippen LogP contribution in [0.4, 0.5) is 17.1 Å². The first kappa shape index (κ1) is 37.1. The summed E-state index contributed by atoms with van der Waals surface area (Å²) in [4.78, 5) is 77.9. The summed E-state index contributed by atoms with van der Waals surface area (Å²) in [5.74, 6) is -0.724. The maximum atomic E-state index is 13.7. The third-order valence-corrected chi connectivity index (χ3v) is 13.2. The van der Waals surface area contributed by atoms with Crippen molar-refractivity contribution >= 4 is 58.2 Å². The van der Waals surface area contributed by atoms with Crippen molar-refractivity contribution in [3.8, 4) is 5.75 Å². The average Bonchev–Trinajstić information content (AvgIpc) is 3.60. The smallest absolute Gasteiger partial charge is 0.262 e. The van der Waals surface area contributed by atoms with E-state index in [1.54, 1.807) is 30.3 Å². The zero-order valence-corrected chi connectivity index (χ0v) is 32.3. The van der Waals surface area contributed by atoms with Crippen LogP contribution in [0.15, 0.2) is 60.7 Å². The number of imide groups is 2. The Morgan fingerprint density at radius 3 is 2.09 bits per heavy atom. The van der Waals surface area contributed by atoms with Crippen LogP contribution in [0.5, 0.6) is 5.75 Å². The molecule has 3 atom stereocenters. The summed E-state index contributed by atoms with van der Waals surface area (Å²) in [6.07, 6.45) is 4.27. The van der Waals surface area contributed by atoms with Gasteiger partial charge in [-0.25, -0.2) is 4.85 Å². The molecule has 0 radical (unpaired) electrons. The lowest BCUT2D eigenvalue weighted by Crippen LogP contribution is -2.54. The lowest BCUT2D eigenvalue weighted by atomic mass is 9.94. The van der Waals surface area contributed by atoms with Gasteiger partial charge in [0.15, 0.2) is 0 Å². The van der Waals surface area contributed by atoms with E-state index in [2.05, 4.69) is 37.0 Å². The molecule has 5 amide bonds. The van der Waals surface area contributed by atoms with Gasteiger partial charge in [-0.15, -0.1) is 0 Å². The van der Waals surface area contributed by atoms with Crippen molar-refractivity contribution in [1.82, 2.24) is 20.0 Å².